The van der Waals surface area contributed by atoms with Crippen LogP contribution in [-0.4, -0.2) is 4.75 Å². The SMILES string of the molecule is CC(C)(C)c1ccc(S)cc1.CC(C)c1ccc(S)cc1.Cc1cc(C)cc(S)c1.Cc1ccc(C)c(S)c1.Cc1ccc(S)c(C)c1.Cc1ccc(S)cc1.Cc1ccc(S)cc1C.Cc1cccc(S)c1.Cc1ccccc1S.SC12CC3CC(CC(C3)C1)C2.Sc1ccccc1. The van der Waals surface area contributed by atoms with E-state index < -0.39 is 0 Å². The molecule has 14 rings (SSSR count). The maximum absolute atomic E-state index is 4.85. The van der Waals surface area contributed by atoms with Gasteiger partial charge in [0.1, 0.15) is 0 Å². The topological polar surface area (TPSA) is 0 Å². The van der Waals surface area contributed by atoms with Gasteiger partial charge >= 0.3 is 0 Å². The lowest BCUT2D eigenvalue weighted by molar-refractivity contribution is 0.0392. The number of rotatable bonds is 1. The summed E-state index contributed by atoms with van der Waals surface area (Å²) in [5.74, 6) is 3.82. The Kier molecular flexibility index (Phi) is 42.1. The molecule has 4 saturated carbocycles. The van der Waals surface area contributed by atoms with E-state index in [-0.39, 0.29) is 5.41 Å². The predicted octanol–water partition coefficient (Wildman–Crippen LogP) is 28.5. The van der Waals surface area contributed by atoms with Crippen molar-refractivity contribution in [2.24, 2.45) is 17.8 Å². The molecule has 0 heterocycles. The first kappa shape index (κ1) is 89.3. The largest absolute Gasteiger partial charge is 0.172 e. The van der Waals surface area contributed by atoms with E-state index in [1.165, 1.54) is 91.6 Å². The number of hydrogen-bond donors (Lipinski definition) is 11. The molecule has 0 radical (unpaired) electrons. The third kappa shape index (κ3) is 38.9. The highest BCUT2D eigenvalue weighted by atomic mass is 32.1. The Bertz CT molecular complexity index is 3640. The van der Waals surface area contributed by atoms with Gasteiger partial charge in [-0.2, -0.15) is 12.6 Å². The third-order valence-electron chi connectivity index (χ3n) is 16.6. The minimum atomic E-state index is 0.251. The molecule has 10 aromatic rings. The van der Waals surface area contributed by atoms with Crippen LogP contribution in [0.5, 0.6) is 0 Å². The van der Waals surface area contributed by atoms with Crippen LogP contribution < -0.4 is 0 Å². The molecule has 11 heteroatoms. The van der Waals surface area contributed by atoms with Crippen LogP contribution in [0, 0.1) is 93.9 Å². The maximum Gasteiger partial charge on any atom is 0.0137 e. The summed E-state index contributed by atoms with van der Waals surface area (Å²) in [5.41, 5.74) is 17.0. The predicted molar refractivity (Wildman–Crippen MR) is 472 cm³/mol. The van der Waals surface area contributed by atoms with Crippen LogP contribution >= 0.6 is 139 Å². The average Bonchev–Trinajstić information content (AvgIpc) is 0.762. The van der Waals surface area contributed by atoms with Crippen molar-refractivity contribution in [3.63, 3.8) is 0 Å². The zero-order chi connectivity index (χ0) is 74.0. The van der Waals surface area contributed by atoms with Crippen molar-refractivity contribution in [3.05, 3.63) is 297 Å². The second kappa shape index (κ2) is 46.7. The summed E-state index contributed by atoms with van der Waals surface area (Å²) in [5, 5.41) is 0. The van der Waals surface area contributed by atoms with Crippen LogP contribution in [0.1, 0.15) is 151 Å². The van der Waals surface area contributed by atoms with Crippen molar-refractivity contribution in [2.75, 3.05) is 0 Å². The van der Waals surface area contributed by atoms with Gasteiger partial charge in [0.2, 0.25) is 0 Å². The van der Waals surface area contributed by atoms with Crippen molar-refractivity contribution >= 4 is 139 Å². The lowest BCUT2D eigenvalue weighted by Gasteiger charge is -2.54. The molecule has 99 heavy (non-hydrogen) atoms. The van der Waals surface area contributed by atoms with Gasteiger partial charge < -0.3 is 0 Å². The van der Waals surface area contributed by atoms with Gasteiger partial charge in [-0.05, 0) is 297 Å². The Morgan fingerprint density at radius 2 is 0.677 bits per heavy atom. The Morgan fingerprint density at radius 1 is 0.293 bits per heavy atom. The van der Waals surface area contributed by atoms with Gasteiger partial charge in [0.25, 0.3) is 0 Å². The van der Waals surface area contributed by atoms with Crippen LogP contribution in [0.3, 0.4) is 0 Å². The van der Waals surface area contributed by atoms with Gasteiger partial charge in [-0.25, -0.2) is 0 Å². The fourth-order valence-corrected chi connectivity index (χ4v) is 14.2. The van der Waals surface area contributed by atoms with E-state index >= 15 is 0 Å². The highest BCUT2D eigenvalue weighted by molar-refractivity contribution is 7.82. The Morgan fingerprint density at radius 3 is 1.03 bits per heavy atom. The summed E-state index contributed by atoms with van der Waals surface area (Å²) in [6, 6.07) is 75.4. The smallest absolute Gasteiger partial charge is 0.0137 e. The molecule has 0 nitrogen and oxygen atoms in total. The second-order valence-electron chi connectivity index (χ2n) is 27.7. The number of benzene rings is 10. The van der Waals surface area contributed by atoms with Crippen molar-refractivity contribution < 1.29 is 0 Å². The lowest BCUT2D eigenvalue weighted by atomic mass is 9.56. The molecule has 0 amide bonds. The molecule has 0 aliphatic heterocycles. The normalized spacial score (nSPS) is 15.4. The van der Waals surface area contributed by atoms with Crippen LogP contribution in [0.2, 0.25) is 0 Å². The van der Waals surface area contributed by atoms with Gasteiger partial charge in [0.15, 0.2) is 0 Å². The maximum atomic E-state index is 4.85. The molecule has 0 N–H and O–H groups in total. The van der Waals surface area contributed by atoms with E-state index in [1.807, 2.05) is 140 Å². The molecule has 0 saturated heterocycles. The zero-order valence-electron chi connectivity index (χ0n) is 61.3. The Labute approximate surface area is 661 Å². The Balaban J connectivity index is 0.000000284. The molecule has 4 aliphatic carbocycles. The average molecular weight is 1520 g/mol. The molecule has 0 spiro atoms. The van der Waals surface area contributed by atoms with Crippen LogP contribution in [0.15, 0.2) is 273 Å². The molecule has 0 atom stereocenters. The molecule has 10 aromatic carbocycles. The Hall–Kier alpha value is -3.95. The highest BCUT2D eigenvalue weighted by Gasteiger charge is 2.49. The van der Waals surface area contributed by atoms with E-state index in [9.17, 15) is 0 Å². The number of thiol groups is 11. The van der Waals surface area contributed by atoms with Gasteiger partial charge in [-0.3, -0.25) is 0 Å². The molecule has 4 aliphatic rings. The number of hydrogen-bond acceptors (Lipinski definition) is 11. The summed E-state index contributed by atoms with van der Waals surface area (Å²) >= 11 is 46.8. The molecular formula is C88H112S11. The minimum Gasteiger partial charge on any atom is -0.172 e. The van der Waals surface area contributed by atoms with Gasteiger partial charge in [-0.15, -0.1) is 126 Å². The van der Waals surface area contributed by atoms with Crippen LogP contribution in [0.25, 0.3) is 0 Å². The summed E-state index contributed by atoms with van der Waals surface area (Å²) in [4.78, 5) is 10.4. The highest BCUT2D eigenvalue weighted by Crippen LogP contribution is 2.58. The van der Waals surface area contributed by atoms with E-state index in [0.717, 1.165) is 66.7 Å². The van der Waals surface area contributed by atoms with Crippen molar-refractivity contribution in [2.45, 2.75) is 214 Å². The standard InChI is InChI=1S/C10H16S.C10H14S.C9H12S.4C8H10S.3C7H8S.C6H6S/c11-10-4-7-1-8(5-10)3-9(2-7)6-10;1-10(2,3)8-4-6-9(11)7-5-8;1-7(2)8-3-5-9(10)6-4-8;1-6-3-7(2)5-8(9)4-6;1-6-3-4-8(9)5-7(6)2;1-6-3-4-8(9)7(2)5-6;1-6-3-4-7(2)8(9)5-6;1-6-2-4-7(8)5-3-6;1-6-3-2-4-7(8)5-6;1-6-4-2-3-5-7(6)8;7-6-4-2-1-3-5-6/h7-9,11H,1-6H2;4-7,11H,1-3H3;3-7,10H,1-2H3;4*3-5,9H,1-2H3;3*2-5,8H,1H3;1-5,7H. The summed E-state index contributed by atoms with van der Waals surface area (Å²) in [6.07, 6.45) is 8.92. The van der Waals surface area contributed by atoms with E-state index in [0.29, 0.717) is 10.7 Å². The fraction of sp³-hybridized carbons (Fsp3) is 0.318. The quantitative estimate of drug-likeness (QED) is 0.0710. The van der Waals surface area contributed by atoms with Crippen molar-refractivity contribution in [1.29, 1.82) is 0 Å². The summed E-state index contributed by atoms with van der Waals surface area (Å²) < 4.78 is 0.495. The first-order valence-corrected chi connectivity index (χ1v) is 38.8. The molecule has 4 fully saturated rings. The van der Waals surface area contributed by atoms with Gasteiger partial charge in [0, 0.05) is 53.7 Å². The van der Waals surface area contributed by atoms with E-state index in [1.54, 1.807) is 19.3 Å². The fourth-order valence-electron chi connectivity index (χ4n) is 11.3. The van der Waals surface area contributed by atoms with Crippen LogP contribution in [-0.2, 0) is 5.41 Å². The van der Waals surface area contributed by atoms with Crippen LogP contribution in [0.4, 0.5) is 0 Å². The van der Waals surface area contributed by atoms with Gasteiger partial charge in [0.05, 0.1) is 0 Å². The minimum absolute atomic E-state index is 0.251. The third-order valence-corrected chi connectivity index (χ3v) is 20.7. The second-order valence-corrected chi connectivity index (χ2v) is 33.7. The lowest BCUT2D eigenvalue weighted by Crippen LogP contribution is -2.47. The first-order valence-electron chi connectivity index (χ1n) is 33.9. The number of aryl methyl sites for hydroxylation is 11. The van der Waals surface area contributed by atoms with Crippen molar-refractivity contribution in [3.8, 4) is 0 Å². The van der Waals surface area contributed by atoms with E-state index in [4.69, 9.17) is 12.6 Å². The molecular weight excluding hydrogens is 1410 g/mol. The molecule has 530 valence electrons. The monoisotopic (exact) mass is 1520 g/mol. The molecule has 0 aromatic heterocycles. The van der Waals surface area contributed by atoms with Crippen molar-refractivity contribution in [1.82, 2.24) is 0 Å². The van der Waals surface area contributed by atoms with E-state index in [2.05, 4.69) is 321 Å². The molecule has 0 unspecified atom stereocenters. The summed E-state index contributed by atoms with van der Waals surface area (Å²) in [6.45, 7) is 33.8. The summed E-state index contributed by atoms with van der Waals surface area (Å²) in [7, 11) is 0. The molecule has 4 bridgehead atoms. The first-order chi connectivity index (χ1) is 46.5. The zero-order valence-corrected chi connectivity index (χ0v) is 71.2. The van der Waals surface area contributed by atoms with Gasteiger partial charge in [-0.1, -0.05) is 178 Å².